The fourth-order valence-electron chi connectivity index (χ4n) is 2.56. The Bertz CT molecular complexity index is 754. The molecular weight excluding hydrogens is 381 g/mol. The molecule has 1 fully saturated rings. The van der Waals surface area contributed by atoms with Gasteiger partial charge in [-0.15, -0.1) is 0 Å². The van der Waals surface area contributed by atoms with E-state index in [0.717, 1.165) is 11.3 Å². The van der Waals surface area contributed by atoms with E-state index in [9.17, 15) is 19.2 Å². The molecule has 0 radical (unpaired) electrons. The quantitative estimate of drug-likeness (QED) is 0.563. The molecule has 0 aliphatic carbocycles. The Hall–Kier alpha value is -2.12. The number of halogens is 2. The Balaban J connectivity index is 2.01. The third-order valence-corrected chi connectivity index (χ3v) is 4.54. The molecule has 1 aliphatic rings. The Labute approximate surface area is 161 Å². The zero-order valence-electron chi connectivity index (χ0n) is 14.4. The molecule has 140 valence electrons. The van der Waals surface area contributed by atoms with Crippen molar-refractivity contribution in [3.63, 3.8) is 0 Å². The van der Waals surface area contributed by atoms with Crippen LogP contribution >= 0.6 is 23.2 Å². The molecule has 1 aliphatic heterocycles. The standard InChI is InChI=1S/C17H19Cl2N3O4/c1-3-4-7-21-15(24)16(25)22(17(21)26)9-14(23)20-10(2)12-6-5-11(18)8-13(12)19/h5-6,8,10H,3-4,7,9H2,1-2H3,(H,20,23)/t10-/m1/s1. The third-order valence-electron chi connectivity index (χ3n) is 3.98. The van der Waals surface area contributed by atoms with E-state index in [2.05, 4.69) is 5.32 Å². The molecule has 7 nitrogen and oxygen atoms in total. The van der Waals surface area contributed by atoms with Gasteiger partial charge in [-0.25, -0.2) is 9.69 Å². The van der Waals surface area contributed by atoms with Gasteiger partial charge in [0.2, 0.25) is 5.91 Å². The van der Waals surface area contributed by atoms with Gasteiger partial charge in [0.1, 0.15) is 6.54 Å². The molecule has 1 N–H and O–H groups in total. The summed E-state index contributed by atoms with van der Waals surface area (Å²) in [6.07, 6.45) is 1.36. The highest BCUT2D eigenvalue weighted by atomic mass is 35.5. The van der Waals surface area contributed by atoms with Gasteiger partial charge in [-0.3, -0.25) is 19.3 Å². The molecule has 26 heavy (non-hydrogen) atoms. The van der Waals surface area contributed by atoms with Crippen LogP contribution in [0.2, 0.25) is 10.0 Å². The average molecular weight is 400 g/mol. The van der Waals surface area contributed by atoms with E-state index in [1.807, 2.05) is 6.92 Å². The van der Waals surface area contributed by atoms with E-state index in [1.165, 1.54) is 0 Å². The summed E-state index contributed by atoms with van der Waals surface area (Å²) in [5.74, 6) is -2.46. The minimum atomic E-state index is -0.988. The lowest BCUT2D eigenvalue weighted by molar-refractivity contribution is -0.144. The normalized spacial score (nSPS) is 15.6. The first-order valence-corrected chi connectivity index (χ1v) is 8.93. The van der Waals surface area contributed by atoms with Crippen LogP contribution in [0.4, 0.5) is 4.79 Å². The van der Waals surface area contributed by atoms with Gasteiger partial charge >= 0.3 is 17.8 Å². The molecule has 1 saturated heterocycles. The maximum atomic E-state index is 12.2. The molecule has 0 spiro atoms. The number of carbonyl (C=O) groups excluding carboxylic acids is 4. The number of unbranched alkanes of at least 4 members (excludes halogenated alkanes) is 1. The highest BCUT2D eigenvalue weighted by Gasteiger charge is 2.44. The van der Waals surface area contributed by atoms with Crippen LogP contribution in [-0.4, -0.2) is 46.6 Å². The van der Waals surface area contributed by atoms with Crippen LogP contribution in [0.1, 0.15) is 38.3 Å². The molecule has 5 amide bonds. The summed E-state index contributed by atoms with van der Waals surface area (Å²) in [7, 11) is 0. The van der Waals surface area contributed by atoms with E-state index < -0.39 is 36.3 Å². The molecule has 0 aromatic heterocycles. The molecule has 1 atom stereocenters. The number of benzene rings is 1. The van der Waals surface area contributed by atoms with Crippen molar-refractivity contribution >= 4 is 47.0 Å². The van der Waals surface area contributed by atoms with Crippen molar-refractivity contribution < 1.29 is 19.2 Å². The van der Waals surface area contributed by atoms with E-state index in [0.29, 0.717) is 26.9 Å². The van der Waals surface area contributed by atoms with Crippen LogP contribution in [0.5, 0.6) is 0 Å². The third kappa shape index (κ3) is 4.34. The van der Waals surface area contributed by atoms with E-state index in [1.54, 1.807) is 25.1 Å². The van der Waals surface area contributed by atoms with Crippen molar-refractivity contribution in [1.29, 1.82) is 0 Å². The minimum Gasteiger partial charge on any atom is -0.348 e. The molecular formula is C17H19Cl2N3O4. The molecule has 0 saturated carbocycles. The first kappa shape index (κ1) is 20.2. The summed E-state index contributed by atoms with van der Waals surface area (Å²) in [4.78, 5) is 49.8. The molecule has 1 heterocycles. The van der Waals surface area contributed by atoms with Crippen molar-refractivity contribution in [2.45, 2.75) is 32.7 Å². The summed E-state index contributed by atoms with van der Waals surface area (Å²) in [6, 6.07) is 3.65. The largest absolute Gasteiger partial charge is 0.348 e. The summed E-state index contributed by atoms with van der Waals surface area (Å²) in [6.45, 7) is 3.25. The molecule has 2 rings (SSSR count). The zero-order chi connectivity index (χ0) is 19.4. The topological polar surface area (TPSA) is 86.8 Å². The van der Waals surface area contributed by atoms with Crippen LogP contribution in [0, 0.1) is 0 Å². The highest BCUT2D eigenvalue weighted by molar-refractivity contribution is 6.45. The van der Waals surface area contributed by atoms with Gasteiger partial charge in [-0.2, -0.15) is 0 Å². The Morgan fingerprint density at radius 3 is 2.42 bits per heavy atom. The number of urea groups is 1. The number of nitrogens with zero attached hydrogens (tertiary/aromatic N) is 2. The molecule has 1 aromatic rings. The molecule has 0 bridgehead atoms. The smallest absolute Gasteiger partial charge is 0.334 e. The van der Waals surface area contributed by atoms with Crippen molar-refractivity contribution in [2.24, 2.45) is 0 Å². The Kier molecular flexibility index (Phi) is 6.61. The zero-order valence-corrected chi connectivity index (χ0v) is 15.9. The van der Waals surface area contributed by atoms with Crippen molar-refractivity contribution in [2.75, 3.05) is 13.1 Å². The number of amides is 5. The SMILES string of the molecule is CCCCN1C(=O)C(=O)N(CC(=O)N[C@H](C)c2ccc(Cl)cc2Cl)C1=O. The average Bonchev–Trinajstić information content (AvgIpc) is 2.76. The second-order valence-corrected chi connectivity index (χ2v) is 6.78. The van der Waals surface area contributed by atoms with Gasteiger partial charge in [0.15, 0.2) is 0 Å². The highest BCUT2D eigenvalue weighted by Crippen LogP contribution is 2.26. The van der Waals surface area contributed by atoms with Crippen LogP contribution in [0.15, 0.2) is 18.2 Å². The fourth-order valence-corrected chi connectivity index (χ4v) is 3.14. The molecule has 1 aromatic carbocycles. The van der Waals surface area contributed by atoms with Gasteiger partial charge in [-0.1, -0.05) is 42.6 Å². The predicted octanol–water partition coefficient (Wildman–Crippen LogP) is 2.76. The number of nitrogens with one attached hydrogen (secondary N) is 1. The van der Waals surface area contributed by atoms with Crippen LogP contribution in [-0.2, 0) is 14.4 Å². The second kappa shape index (κ2) is 8.51. The summed E-state index contributed by atoms with van der Waals surface area (Å²) in [5.41, 5.74) is 0.643. The van der Waals surface area contributed by atoms with Crippen LogP contribution in [0.25, 0.3) is 0 Å². The molecule has 9 heteroatoms. The number of carbonyl (C=O) groups is 4. The maximum absolute atomic E-state index is 12.2. The summed E-state index contributed by atoms with van der Waals surface area (Å²) < 4.78 is 0. The van der Waals surface area contributed by atoms with Crippen LogP contribution in [0.3, 0.4) is 0 Å². The van der Waals surface area contributed by atoms with Gasteiger partial charge in [0, 0.05) is 16.6 Å². The van der Waals surface area contributed by atoms with Crippen LogP contribution < -0.4 is 5.32 Å². The maximum Gasteiger partial charge on any atom is 0.334 e. The number of hydrogen-bond donors (Lipinski definition) is 1. The van der Waals surface area contributed by atoms with Crippen molar-refractivity contribution in [3.05, 3.63) is 33.8 Å². The van der Waals surface area contributed by atoms with Crippen molar-refractivity contribution in [1.82, 2.24) is 15.1 Å². The van der Waals surface area contributed by atoms with E-state index in [4.69, 9.17) is 23.2 Å². The number of hydrogen-bond acceptors (Lipinski definition) is 4. The Morgan fingerprint density at radius 2 is 1.81 bits per heavy atom. The monoisotopic (exact) mass is 399 g/mol. The predicted molar refractivity (Wildman–Crippen MR) is 96.7 cm³/mol. The first-order valence-electron chi connectivity index (χ1n) is 8.17. The lowest BCUT2D eigenvalue weighted by atomic mass is 10.1. The minimum absolute atomic E-state index is 0.162. The summed E-state index contributed by atoms with van der Waals surface area (Å²) in [5, 5.41) is 3.51. The second-order valence-electron chi connectivity index (χ2n) is 5.94. The first-order chi connectivity index (χ1) is 12.3. The van der Waals surface area contributed by atoms with Crippen molar-refractivity contribution in [3.8, 4) is 0 Å². The number of rotatable bonds is 7. The molecule has 0 unspecified atom stereocenters. The lowest BCUT2D eigenvalue weighted by Crippen LogP contribution is -2.42. The van der Waals surface area contributed by atoms with Gasteiger partial charge in [0.25, 0.3) is 0 Å². The van der Waals surface area contributed by atoms with Gasteiger partial charge < -0.3 is 5.32 Å². The summed E-state index contributed by atoms with van der Waals surface area (Å²) >= 11 is 12.0. The Morgan fingerprint density at radius 1 is 1.15 bits per heavy atom. The lowest BCUT2D eigenvalue weighted by Gasteiger charge is -2.18. The van der Waals surface area contributed by atoms with E-state index >= 15 is 0 Å². The van der Waals surface area contributed by atoms with E-state index in [-0.39, 0.29) is 6.54 Å². The number of imide groups is 2. The fraction of sp³-hybridized carbons (Fsp3) is 0.412. The van der Waals surface area contributed by atoms with Gasteiger partial charge in [-0.05, 0) is 31.0 Å². The van der Waals surface area contributed by atoms with Gasteiger partial charge in [0.05, 0.1) is 6.04 Å².